The lowest BCUT2D eigenvalue weighted by atomic mass is 9.44. The van der Waals surface area contributed by atoms with E-state index in [-0.39, 0.29) is 35.9 Å². The van der Waals surface area contributed by atoms with E-state index < -0.39 is 12.2 Å². The molecule has 6 rings (SSSR count). The highest BCUT2D eigenvalue weighted by Gasteiger charge is 2.69. The molecule has 174 valence electrons. The Morgan fingerprint density at radius 1 is 1.12 bits per heavy atom. The highest BCUT2D eigenvalue weighted by molar-refractivity contribution is 6.31. The molecule has 2 amide bonds. The van der Waals surface area contributed by atoms with Crippen molar-refractivity contribution in [2.75, 3.05) is 6.61 Å². The average molecular weight is 491 g/mol. The summed E-state index contributed by atoms with van der Waals surface area (Å²) in [6, 6.07) is 10.2. The first-order valence-electron chi connectivity index (χ1n) is 10.8. The zero-order valence-corrected chi connectivity index (χ0v) is 19.5. The number of carbonyl (C=O) groups excluding carboxylic acids is 2. The molecule has 2 bridgehead atoms. The van der Waals surface area contributed by atoms with Crippen molar-refractivity contribution in [1.29, 1.82) is 0 Å². The normalized spacial score (nSPS) is 29.0. The summed E-state index contributed by atoms with van der Waals surface area (Å²) in [6.07, 6.45) is 0.575. The van der Waals surface area contributed by atoms with E-state index in [1.165, 1.54) is 0 Å². The smallest absolute Gasteiger partial charge is 0.261 e. The molecule has 0 saturated heterocycles. The molecule has 33 heavy (non-hydrogen) atoms. The molecule has 2 atom stereocenters. The number of rotatable bonds is 6. The van der Waals surface area contributed by atoms with Crippen molar-refractivity contribution >= 4 is 35.0 Å². The van der Waals surface area contributed by atoms with Gasteiger partial charge in [0.05, 0.1) is 6.10 Å². The van der Waals surface area contributed by atoms with Crippen molar-refractivity contribution in [3.8, 4) is 11.5 Å². The second kappa shape index (κ2) is 8.08. The zero-order chi connectivity index (χ0) is 23.4. The third-order valence-corrected chi connectivity index (χ3v) is 7.31. The van der Waals surface area contributed by atoms with Gasteiger partial charge in [-0.15, -0.1) is 0 Å². The lowest BCUT2D eigenvalue weighted by Crippen LogP contribution is -2.84. The number of fused-ring (bicyclic) bond motifs is 1. The predicted octanol–water partition coefficient (Wildman–Crippen LogP) is 3.47. The molecule has 4 aliphatic rings. The number of aliphatic hydroxyl groups excluding tert-OH is 1. The molecular weight excluding hydrogens is 467 g/mol. The fraction of sp³-hybridized carbons (Fsp3) is 0.417. The fourth-order valence-electron chi connectivity index (χ4n) is 5.16. The minimum absolute atomic E-state index is 0.0839. The molecule has 0 aromatic heterocycles. The lowest BCUT2D eigenvalue weighted by Gasteiger charge is -2.70. The summed E-state index contributed by atoms with van der Waals surface area (Å²) in [5.74, 6) is 0.606. The lowest BCUT2D eigenvalue weighted by molar-refractivity contribution is -0.155. The third kappa shape index (κ3) is 4.25. The number of aryl methyl sites for hydroxylation is 1. The molecular formula is C24H24Cl2N2O5. The van der Waals surface area contributed by atoms with Crippen LogP contribution in [0.5, 0.6) is 11.5 Å². The van der Waals surface area contributed by atoms with Gasteiger partial charge < -0.3 is 25.2 Å². The van der Waals surface area contributed by atoms with E-state index in [2.05, 4.69) is 10.6 Å². The van der Waals surface area contributed by atoms with Gasteiger partial charge in [-0.3, -0.25) is 9.59 Å². The summed E-state index contributed by atoms with van der Waals surface area (Å²) < 4.78 is 11.4. The second-order valence-electron chi connectivity index (χ2n) is 9.37. The highest BCUT2D eigenvalue weighted by atomic mass is 35.5. The number of benzene rings is 2. The van der Waals surface area contributed by atoms with Gasteiger partial charge in [-0.1, -0.05) is 23.2 Å². The maximum Gasteiger partial charge on any atom is 0.261 e. The molecule has 9 heteroatoms. The monoisotopic (exact) mass is 490 g/mol. The number of halogens is 2. The van der Waals surface area contributed by atoms with Crippen LogP contribution in [0.3, 0.4) is 0 Å². The Morgan fingerprint density at radius 3 is 2.58 bits per heavy atom. The Kier molecular flexibility index (Phi) is 5.46. The molecule has 0 spiro atoms. The standard InChI is InChI=1S/C24H24Cl2N2O5/c1-13-6-15(3-4-17(13)26)32-9-21(30)27-23-10-24(11-23,12-23)28-22(31)20-8-18(29)16-7-14(25)2-5-19(16)33-20/h2-7,18,20,29H,8-12H2,1H3,(H,27,30)(H,28,31)/t18-,20-,23?,24?/m1/s1. The van der Waals surface area contributed by atoms with Crippen LogP contribution in [0.2, 0.25) is 10.0 Å². The van der Waals surface area contributed by atoms with Crippen molar-refractivity contribution in [1.82, 2.24) is 10.6 Å². The van der Waals surface area contributed by atoms with Gasteiger partial charge in [-0.05, 0) is 68.1 Å². The van der Waals surface area contributed by atoms with Gasteiger partial charge in [0.1, 0.15) is 11.5 Å². The number of amides is 2. The van der Waals surface area contributed by atoms with Crippen molar-refractivity contribution in [3.63, 3.8) is 0 Å². The molecule has 3 saturated carbocycles. The first-order valence-corrected chi connectivity index (χ1v) is 11.6. The van der Waals surface area contributed by atoms with Crippen LogP contribution in [-0.2, 0) is 9.59 Å². The summed E-state index contributed by atoms with van der Waals surface area (Å²) in [6.45, 7) is 1.79. The molecule has 7 nitrogen and oxygen atoms in total. The van der Waals surface area contributed by atoms with Gasteiger partial charge in [0.2, 0.25) is 0 Å². The fourth-order valence-corrected chi connectivity index (χ4v) is 5.46. The van der Waals surface area contributed by atoms with Crippen molar-refractivity contribution in [2.45, 2.75) is 55.9 Å². The van der Waals surface area contributed by atoms with Gasteiger partial charge in [-0.2, -0.15) is 0 Å². The molecule has 3 fully saturated rings. The van der Waals surface area contributed by atoms with E-state index in [0.717, 1.165) is 5.56 Å². The molecule has 3 aliphatic carbocycles. The van der Waals surface area contributed by atoms with Crippen LogP contribution in [0.25, 0.3) is 0 Å². The van der Waals surface area contributed by atoms with E-state index in [0.29, 0.717) is 46.4 Å². The number of nitrogens with one attached hydrogen (secondary N) is 2. The first-order chi connectivity index (χ1) is 15.7. The Hall–Kier alpha value is -2.48. The minimum Gasteiger partial charge on any atom is -0.484 e. The molecule has 2 aromatic carbocycles. The van der Waals surface area contributed by atoms with E-state index in [9.17, 15) is 14.7 Å². The van der Waals surface area contributed by atoms with Crippen LogP contribution >= 0.6 is 23.2 Å². The van der Waals surface area contributed by atoms with Crippen LogP contribution in [0.1, 0.15) is 42.9 Å². The van der Waals surface area contributed by atoms with Gasteiger partial charge >= 0.3 is 0 Å². The Labute approximate surface area is 201 Å². The summed E-state index contributed by atoms with van der Waals surface area (Å²) >= 11 is 12.0. The van der Waals surface area contributed by atoms with Crippen LogP contribution in [0, 0.1) is 6.92 Å². The quantitative estimate of drug-likeness (QED) is 0.575. The van der Waals surface area contributed by atoms with Crippen LogP contribution < -0.4 is 20.1 Å². The van der Waals surface area contributed by atoms with Gasteiger partial charge in [-0.25, -0.2) is 0 Å². The summed E-state index contributed by atoms with van der Waals surface area (Å²) in [7, 11) is 0. The highest BCUT2D eigenvalue weighted by Crippen LogP contribution is 2.60. The first kappa shape index (κ1) is 22.3. The van der Waals surface area contributed by atoms with E-state index in [4.69, 9.17) is 32.7 Å². The van der Waals surface area contributed by atoms with Crippen molar-refractivity contribution < 1.29 is 24.2 Å². The molecule has 0 unspecified atom stereocenters. The number of hydrogen-bond acceptors (Lipinski definition) is 5. The Morgan fingerprint density at radius 2 is 1.85 bits per heavy atom. The predicted molar refractivity (Wildman–Crippen MR) is 123 cm³/mol. The molecule has 0 radical (unpaired) electrons. The SMILES string of the molecule is Cc1cc(OCC(=O)NC23CC(NC(=O)[C@H]4C[C@@H](O)c5cc(Cl)ccc5O4)(C2)C3)ccc1Cl. The largest absolute Gasteiger partial charge is 0.484 e. The van der Waals surface area contributed by atoms with Crippen LogP contribution in [0.15, 0.2) is 36.4 Å². The van der Waals surface area contributed by atoms with Gasteiger partial charge in [0.25, 0.3) is 11.8 Å². The van der Waals surface area contributed by atoms with E-state index >= 15 is 0 Å². The second-order valence-corrected chi connectivity index (χ2v) is 10.2. The number of aliphatic hydroxyl groups is 1. The summed E-state index contributed by atoms with van der Waals surface area (Å²) in [5, 5.41) is 17.7. The van der Waals surface area contributed by atoms with Crippen LogP contribution in [-0.4, -0.2) is 40.7 Å². The molecule has 3 N–H and O–H groups in total. The van der Waals surface area contributed by atoms with E-state index in [1.807, 2.05) is 6.92 Å². The van der Waals surface area contributed by atoms with Crippen molar-refractivity contribution in [3.05, 3.63) is 57.6 Å². The minimum atomic E-state index is -0.814. The van der Waals surface area contributed by atoms with Gasteiger partial charge in [0, 0.05) is 33.1 Å². The van der Waals surface area contributed by atoms with Crippen molar-refractivity contribution in [2.24, 2.45) is 0 Å². The third-order valence-electron chi connectivity index (χ3n) is 6.65. The summed E-state index contributed by atoms with van der Waals surface area (Å²) in [5.41, 5.74) is 0.857. The topological polar surface area (TPSA) is 96.9 Å². The van der Waals surface area contributed by atoms with Crippen LogP contribution in [0.4, 0.5) is 0 Å². The molecule has 1 heterocycles. The Balaban J connectivity index is 1.10. The van der Waals surface area contributed by atoms with Gasteiger partial charge in [0.15, 0.2) is 12.7 Å². The maximum absolute atomic E-state index is 12.8. The molecule has 2 aromatic rings. The average Bonchev–Trinajstić information content (AvgIpc) is 2.72. The molecule has 1 aliphatic heterocycles. The zero-order valence-electron chi connectivity index (χ0n) is 18.0. The Bertz CT molecular complexity index is 1120. The number of hydrogen-bond donors (Lipinski definition) is 3. The van der Waals surface area contributed by atoms with E-state index in [1.54, 1.807) is 36.4 Å². The maximum atomic E-state index is 12.8. The number of ether oxygens (including phenoxy) is 2. The number of carbonyl (C=O) groups is 2. The summed E-state index contributed by atoms with van der Waals surface area (Å²) in [4.78, 5) is 25.1.